The molecule has 5 nitrogen and oxygen atoms in total. The summed E-state index contributed by atoms with van der Waals surface area (Å²) in [6.45, 7) is 0. The average Bonchev–Trinajstić information content (AvgIpc) is 3.16. The number of thiazole rings is 1. The van der Waals surface area contributed by atoms with Gasteiger partial charge < -0.3 is 4.74 Å². The number of benzene rings is 2. The smallest absolute Gasteiger partial charge is 0.291 e. The van der Waals surface area contributed by atoms with Crippen LogP contribution < -0.4 is 14.8 Å². The van der Waals surface area contributed by atoms with Crippen LogP contribution >= 0.6 is 43.2 Å². The second-order valence-corrected chi connectivity index (χ2v) is 8.19. The van der Waals surface area contributed by atoms with E-state index in [1.54, 1.807) is 13.2 Å². The van der Waals surface area contributed by atoms with Crippen LogP contribution in [0, 0.1) is 0 Å². The Morgan fingerprint density at radius 3 is 2.73 bits per heavy atom. The summed E-state index contributed by atoms with van der Waals surface area (Å²) in [6.07, 6.45) is 1.80. The molecule has 0 aliphatic carbocycles. The van der Waals surface area contributed by atoms with Crippen LogP contribution in [0.5, 0.6) is 5.75 Å². The highest BCUT2D eigenvalue weighted by atomic mass is 79.9. The first-order chi connectivity index (χ1) is 12.6. The zero-order chi connectivity index (χ0) is 18.3. The fraction of sp³-hybridized carbons (Fsp3) is 0.0556. The molecule has 130 valence electrons. The second kappa shape index (κ2) is 6.94. The van der Waals surface area contributed by atoms with Crippen LogP contribution in [-0.2, 0) is 0 Å². The molecule has 4 aromatic rings. The molecule has 0 fully saturated rings. The number of hydrogen-bond donors (Lipinski definition) is 0. The standard InChI is InChI=1S/C18H11Br2N3O2S/c1-25-14-7-6-11(19)8-10(14)9-15-17(24)23-18(26-15)21-16(22-23)12-4-2-3-5-13(12)20/h2-9H,1H3/b15-9-. The summed E-state index contributed by atoms with van der Waals surface area (Å²) in [5.41, 5.74) is 1.47. The van der Waals surface area contributed by atoms with Crippen LogP contribution in [0.4, 0.5) is 0 Å². The van der Waals surface area contributed by atoms with Crippen molar-refractivity contribution in [2.45, 2.75) is 0 Å². The molecule has 0 bridgehead atoms. The zero-order valence-corrected chi connectivity index (χ0v) is 17.4. The Labute approximate surface area is 169 Å². The molecule has 0 aliphatic heterocycles. The lowest BCUT2D eigenvalue weighted by Gasteiger charge is -2.04. The first kappa shape index (κ1) is 17.4. The molecule has 2 aromatic carbocycles. The number of ether oxygens (including phenoxy) is 1. The van der Waals surface area contributed by atoms with Gasteiger partial charge in [0.15, 0.2) is 5.82 Å². The van der Waals surface area contributed by atoms with Crippen LogP contribution in [0.3, 0.4) is 0 Å². The minimum absolute atomic E-state index is 0.196. The molecule has 4 rings (SSSR count). The van der Waals surface area contributed by atoms with Gasteiger partial charge in [0.25, 0.3) is 5.56 Å². The van der Waals surface area contributed by atoms with E-state index in [2.05, 4.69) is 41.9 Å². The SMILES string of the molecule is COc1ccc(Br)cc1/C=c1\sc2nc(-c3ccccc3Br)nn2c1=O. The summed E-state index contributed by atoms with van der Waals surface area (Å²) in [7, 11) is 1.60. The summed E-state index contributed by atoms with van der Waals surface area (Å²) in [5.74, 6) is 1.22. The number of methoxy groups -OCH3 is 1. The Morgan fingerprint density at radius 2 is 2.00 bits per heavy atom. The summed E-state index contributed by atoms with van der Waals surface area (Å²) < 4.78 is 9.05. The van der Waals surface area contributed by atoms with Gasteiger partial charge in [-0.2, -0.15) is 9.50 Å². The molecule has 0 amide bonds. The Morgan fingerprint density at radius 1 is 1.19 bits per heavy atom. The average molecular weight is 493 g/mol. The molecule has 0 atom stereocenters. The number of fused-ring (bicyclic) bond motifs is 1. The number of nitrogens with zero attached hydrogens (tertiary/aromatic N) is 3. The van der Waals surface area contributed by atoms with Crippen molar-refractivity contribution in [3.05, 3.63) is 71.9 Å². The van der Waals surface area contributed by atoms with Gasteiger partial charge in [-0.05, 0) is 36.4 Å². The van der Waals surface area contributed by atoms with Crippen molar-refractivity contribution >= 4 is 54.2 Å². The number of halogens is 2. The maximum atomic E-state index is 12.7. The van der Waals surface area contributed by atoms with E-state index in [4.69, 9.17) is 4.74 Å². The summed E-state index contributed by atoms with van der Waals surface area (Å²) in [4.78, 5) is 17.8. The molecule has 0 radical (unpaired) electrons. The van der Waals surface area contributed by atoms with E-state index in [9.17, 15) is 4.79 Å². The van der Waals surface area contributed by atoms with Crippen molar-refractivity contribution in [3.8, 4) is 17.1 Å². The highest BCUT2D eigenvalue weighted by molar-refractivity contribution is 9.10. The molecule has 0 aliphatic rings. The van der Waals surface area contributed by atoms with E-state index in [0.29, 0.717) is 21.1 Å². The number of rotatable bonds is 3. The van der Waals surface area contributed by atoms with Gasteiger partial charge in [-0.1, -0.05) is 55.3 Å². The summed E-state index contributed by atoms with van der Waals surface area (Å²) >= 11 is 8.23. The monoisotopic (exact) mass is 491 g/mol. The molecule has 0 saturated heterocycles. The van der Waals surface area contributed by atoms with E-state index in [1.165, 1.54) is 15.9 Å². The van der Waals surface area contributed by atoms with Gasteiger partial charge in [-0.15, -0.1) is 5.10 Å². The minimum Gasteiger partial charge on any atom is -0.496 e. The van der Waals surface area contributed by atoms with Crippen LogP contribution in [0.2, 0.25) is 0 Å². The van der Waals surface area contributed by atoms with Crippen LogP contribution in [0.15, 0.2) is 56.2 Å². The highest BCUT2D eigenvalue weighted by Crippen LogP contribution is 2.26. The molecule has 26 heavy (non-hydrogen) atoms. The fourth-order valence-electron chi connectivity index (χ4n) is 2.55. The molecular weight excluding hydrogens is 482 g/mol. The van der Waals surface area contributed by atoms with Crippen molar-refractivity contribution < 1.29 is 4.74 Å². The predicted molar refractivity (Wildman–Crippen MR) is 110 cm³/mol. The third kappa shape index (κ3) is 3.08. The molecule has 2 heterocycles. The molecule has 0 unspecified atom stereocenters. The minimum atomic E-state index is -0.196. The van der Waals surface area contributed by atoms with Crippen molar-refractivity contribution in [2.75, 3.05) is 7.11 Å². The predicted octanol–water partition coefficient (Wildman–Crippen LogP) is 3.90. The normalized spacial score (nSPS) is 12.0. The van der Waals surface area contributed by atoms with Gasteiger partial charge in [0, 0.05) is 20.1 Å². The van der Waals surface area contributed by atoms with Gasteiger partial charge >= 0.3 is 0 Å². The van der Waals surface area contributed by atoms with Gasteiger partial charge in [-0.3, -0.25) is 4.79 Å². The van der Waals surface area contributed by atoms with Gasteiger partial charge in [0.05, 0.1) is 11.6 Å². The van der Waals surface area contributed by atoms with Crippen molar-refractivity contribution in [3.63, 3.8) is 0 Å². The lowest BCUT2D eigenvalue weighted by atomic mass is 10.2. The van der Waals surface area contributed by atoms with Gasteiger partial charge in [0.2, 0.25) is 4.96 Å². The third-order valence-electron chi connectivity index (χ3n) is 3.77. The quantitative estimate of drug-likeness (QED) is 0.435. The molecule has 2 aromatic heterocycles. The van der Waals surface area contributed by atoms with Crippen molar-refractivity contribution in [2.24, 2.45) is 0 Å². The van der Waals surface area contributed by atoms with E-state index in [-0.39, 0.29) is 5.56 Å². The number of aromatic nitrogens is 3. The lowest BCUT2D eigenvalue weighted by Crippen LogP contribution is -2.23. The maximum absolute atomic E-state index is 12.7. The Kier molecular flexibility index (Phi) is 4.64. The third-order valence-corrected chi connectivity index (χ3v) is 5.92. The lowest BCUT2D eigenvalue weighted by molar-refractivity contribution is 0.414. The van der Waals surface area contributed by atoms with Crippen molar-refractivity contribution in [1.29, 1.82) is 0 Å². The van der Waals surface area contributed by atoms with E-state index >= 15 is 0 Å². The van der Waals surface area contributed by atoms with Crippen molar-refractivity contribution in [1.82, 2.24) is 14.6 Å². The molecule has 0 N–H and O–H groups in total. The molecule has 8 heteroatoms. The Balaban J connectivity index is 1.86. The maximum Gasteiger partial charge on any atom is 0.291 e. The van der Waals surface area contributed by atoms with Gasteiger partial charge in [-0.25, -0.2) is 0 Å². The second-order valence-electron chi connectivity index (χ2n) is 5.41. The summed E-state index contributed by atoms with van der Waals surface area (Å²) in [6, 6.07) is 13.3. The zero-order valence-electron chi connectivity index (χ0n) is 13.4. The first-order valence-corrected chi connectivity index (χ1v) is 9.97. The van der Waals surface area contributed by atoms with Crippen LogP contribution in [0.25, 0.3) is 22.4 Å². The Hall–Kier alpha value is -2.03. The van der Waals surface area contributed by atoms with Gasteiger partial charge in [0.1, 0.15) is 5.75 Å². The molecule has 0 spiro atoms. The van der Waals surface area contributed by atoms with E-state index in [0.717, 1.165) is 20.1 Å². The van der Waals surface area contributed by atoms with Crippen LogP contribution in [-0.4, -0.2) is 21.7 Å². The first-order valence-electron chi connectivity index (χ1n) is 7.56. The van der Waals surface area contributed by atoms with Crippen LogP contribution in [0.1, 0.15) is 5.56 Å². The number of hydrogen-bond acceptors (Lipinski definition) is 5. The highest BCUT2D eigenvalue weighted by Gasteiger charge is 2.14. The topological polar surface area (TPSA) is 56.5 Å². The molecular formula is C18H11Br2N3O2S. The summed E-state index contributed by atoms with van der Waals surface area (Å²) in [5, 5.41) is 4.38. The fourth-order valence-corrected chi connectivity index (χ4v) is 4.29. The van der Waals surface area contributed by atoms with E-state index in [1.807, 2.05) is 42.5 Å². The Bertz CT molecular complexity index is 1230. The molecule has 0 saturated carbocycles. The largest absolute Gasteiger partial charge is 0.496 e. The van der Waals surface area contributed by atoms with E-state index < -0.39 is 0 Å².